The smallest absolute Gasteiger partial charge is 0.310 e. The summed E-state index contributed by atoms with van der Waals surface area (Å²) in [5.74, 6) is 0.442. The van der Waals surface area contributed by atoms with E-state index >= 15 is 0 Å². The van der Waals surface area contributed by atoms with Crippen LogP contribution in [0.25, 0.3) is 43.9 Å². The van der Waals surface area contributed by atoms with E-state index in [1.54, 1.807) is 20.2 Å². The Morgan fingerprint density at radius 2 is 1.78 bits per heavy atom. The number of rotatable bonds is 6. The zero-order valence-corrected chi connectivity index (χ0v) is 24.0. The molecule has 0 saturated carbocycles. The number of esters is 1. The van der Waals surface area contributed by atoms with Gasteiger partial charge in [0.25, 0.3) is 0 Å². The molecular formula is C34H33N3O4. The summed E-state index contributed by atoms with van der Waals surface area (Å²) in [6.07, 6.45) is 4.33. The van der Waals surface area contributed by atoms with Gasteiger partial charge in [-0.2, -0.15) is 0 Å². The van der Waals surface area contributed by atoms with Gasteiger partial charge in [-0.15, -0.1) is 0 Å². The molecule has 0 spiro atoms. The van der Waals surface area contributed by atoms with Gasteiger partial charge in [0, 0.05) is 40.5 Å². The van der Waals surface area contributed by atoms with Crippen molar-refractivity contribution in [1.29, 1.82) is 0 Å². The molecule has 7 heteroatoms. The Morgan fingerprint density at radius 3 is 2.54 bits per heavy atom. The van der Waals surface area contributed by atoms with Crippen LogP contribution in [0.5, 0.6) is 5.75 Å². The molecule has 41 heavy (non-hydrogen) atoms. The summed E-state index contributed by atoms with van der Waals surface area (Å²) >= 11 is 0. The lowest BCUT2D eigenvalue weighted by Gasteiger charge is -2.22. The number of aliphatic hydroxyl groups is 1. The Morgan fingerprint density at radius 1 is 1.00 bits per heavy atom. The molecule has 208 valence electrons. The van der Waals surface area contributed by atoms with Crippen molar-refractivity contribution < 1.29 is 19.4 Å². The summed E-state index contributed by atoms with van der Waals surface area (Å²) in [6, 6.07) is 14.6. The van der Waals surface area contributed by atoms with E-state index in [0.29, 0.717) is 6.61 Å². The van der Waals surface area contributed by atoms with E-state index in [1.807, 2.05) is 39.1 Å². The molecule has 0 radical (unpaired) electrons. The molecule has 0 unspecified atom stereocenters. The zero-order chi connectivity index (χ0) is 28.9. The second-order valence-corrected chi connectivity index (χ2v) is 11.5. The van der Waals surface area contributed by atoms with Gasteiger partial charge >= 0.3 is 5.97 Å². The van der Waals surface area contributed by atoms with Crippen molar-refractivity contribution in [3.8, 4) is 28.0 Å². The second kappa shape index (κ2) is 10.2. The fraction of sp³-hybridized carbons (Fsp3) is 0.294. The van der Waals surface area contributed by atoms with Gasteiger partial charge in [0.1, 0.15) is 18.7 Å². The van der Waals surface area contributed by atoms with E-state index in [0.717, 1.165) is 78.6 Å². The van der Waals surface area contributed by atoms with Crippen molar-refractivity contribution in [2.75, 3.05) is 13.2 Å². The van der Waals surface area contributed by atoms with Crippen LogP contribution in [0.2, 0.25) is 0 Å². The highest BCUT2D eigenvalue weighted by atomic mass is 16.5. The van der Waals surface area contributed by atoms with Gasteiger partial charge in [0.05, 0.1) is 24.1 Å². The lowest BCUT2D eigenvalue weighted by atomic mass is 9.85. The molecule has 0 amide bonds. The molecule has 3 heterocycles. The number of aromatic nitrogens is 3. The van der Waals surface area contributed by atoms with Crippen LogP contribution in [0.1, 0.15) is 41.9 Å². The van der Waals surface area contributed by atoms with Crippen molar-refractivity contribution in [2.24, 2.45) is 0 Å². The molecule has 1 N–H and O–H groups in total. The zero-order valence-electron chi connectivity index (χ0n) is 24.0. The van der Waals surface area contributed by atoms with Gasteiger partial charge in [-0.25, -0.2) is 9.97 Å². The minimum Gasteiger partial charge on any atom is -0.493 e. The summed E-state index contributed by atoms with van der Waals surface area (Å²) in [4.78, 5) is 26.8. The first-order valence-corrected chi connectivity index (χ1v) is 13.9. The van der Waals surface area contributed by atoms with E-state index in [4.69, 9.17) is 14.5 Å². The molecule has 3 aromatic carbocycles. The van der Waals surface area contributed by atoms with Crippen LogP contribution in [0.15, 0.2) is 55.0 Å². The molecule has 0 saturated heterocycles. The third kappa shape index (κ3) is 5.02. The van der Waals surface area contributed by atoms with Gasteiger partial charge < -0.3 is 14.6 Å². The van der Waals surface area contributed by atoms with Crippen molar-refractivity contribution in [3.05, 3.63) is 83.1 Å². The number of hydrogen-bond acceptors (Lipinski definition) is 7. The highest BCUT2D eigenvalue weighted by Crippen LogP contribution is 2.43. The first-order chi connectivity index (χ1) is 19.6. The van der Waals surface area contributed by atoms with Crippen LogP contribution < -0.4 is 4.74 Å². The maximum atomic E-state index is 13.1. The maximum Gasteiger partial charge on any atom is 0.310 e. The highest BCUT2D eigenvalue weighted by molar-refractivity contribution is 6.09. The highest BCUT2D eigenvalue weighted by Gasteiger charge is 2.24. The lowest BCUT2D eigenvalue weighted by molar-refractivity contribution is -0.149. The van der Waals surface area contributed by atoms with Crippen LogP contribution >= 0.6 is 0 Å². The lowest BCUT2D eigenvalue weighted by Crippen LogP contribution is -2.28. The van der Waals surface area contributed by atoms with Gasteiger partial charge in [0.15, 0.2) is 0 Å². The fourth-order valence-corrected chi connectivity index (χ4v) is 5.85. The monoisotopic (exact) mass is 547 g/mol. The standard InChI is InChI=1S/C34H33N3O4/c1-19-14-24-15-23(30-20(2)36-18-37-21(30)3)6-7-25(24)32(27(19)16-29(38)41-17-34(4,5)39)26-8-9-28-31-22(11-13-40-28)10-12-35-33(26)31/h6-10,12,14-15,18,39H,11,13,16-17H2,1-5H3. The summed E-state index contributed by atoms with van der Waals surface area (Å²) in [5, 5.41) is 13.2. The predicted molar refractivity (Wildman–Crippen MR) is 160 cm³/mol. The molecule has 0 atom stereocenters. The molecule has 0 fully saturated rings. The number of ether oxygens (including phenoxy) is 2. The summed E-state index contributed by atoms with van der Waals surface area (Å²) in [5.41, 5.74) is 8.60. The Hall–Kier alpha value is -4.36. The van der Waals surface area contributed by atoms with Gasteiger partial charge in [0.2, 0.25) is 0 Å². The second-order valence-electron chi connectivity index (χ2n) is 11.5. The molecule has 6 rings (SSSR count). The topological polar surface area (TPSA) is 94.4 Å². The molecule has 5 aromatic rings. The Balaban J connectivity index is 1.59. The van der Waals surface area contributed by atoms with Crippen molar-refractivity contribution >= 4 is 27.6 Å². The molecular weight excluding hydrogens is 514 g/mol. The number of carbonyl (C=O) groups is 1. The Bertz CT molecular complexity index is 1810. The average Bonchev–Trinajstić information content (AvgIpc) is 2.93. The first kappa shape index (κ1) is 26.8. The summed E-state index contributed by atoms with van der Waals surface area (Å²) in [6.45, 7) is 9.82. The number of benzene rings is 3. The average molecular weight is 548 g/mol. The summed E-state index contributed by atoms with van der Waals surface area (Å²) < 4.78 is 11.5. The van der Waals surface area contributed by atoms with Gasteiger partial charge in [-0.05, 0) is 97.5 Å². The fourth-order valence-electron chi connectivity index (χ4n) is 5.85. The first-order valence-electron chi connectivity index (χ1n) is 13.9. The maximum absolute atomic E-state index is 13.1. The SMILES string of the molecule is Cc1cc2cc(-c3c(C)ncnc3C)ccc2c(-c2ccc3c4c(ccnc24)CCO3)c1CC(=O)OCC(C)(C)O. The van der Waals surface area contributed by atoms with Crippen LogP contribution in [-0.4, -0.2) is 44.8 Å². The third-order valence-corrected chi connectivity index (χ3v) is 7.73. The molecule has 0 bridgehead atoms. The molecule has 0 aliphatic carbocycles. The number of nitrogens with zero attached hydrogens (tertiary/aromatic N) is 3. The number of pyridine rings is 1. The minimum absolute atomic E-state index is 0.0686. The van der Waals surface area contributed by atoms with Crippen molar-refractivity contribution in [2.45, 2.75) is 53.1 Å². The largest absolute Gasteiger partial charge is 0.493 e. The Labute approximate surface area is 239 Å². The molecule has 7 nitrogen and oxygen atoms in total. The predicted octanol–water partition coefficient (Wildman–Crippen LogP) is 6.23. The molecule has 2 aromatic heterocycles. The van der Waals surface area contributed by atoms with Gasteiger partial charge in [-0.3, -0.25) is 9.78 Å². The van der Waals surface area contributed by atoms with E-state index in [2.05, 4.69) is 40.3 Å². The van der Waals surface area contributed by atoms with E-state index in [1.165, 1.54) is 5.56 Å². The van der Waals surface area contributed by atoms with Crippen LogP contribution in [0, 0.1) is 20.8 Å². The normalized spacial score (nSPS) is 12.9. The number of carbonyl (C=O) groups excluding carboxylic acids is 1. The number of fused-ring (bicyclic) bond motifs is 1. The van der Waals surface area contributed by atoms with Crippen LogP contribution in [0.3, 0.4) is 0 Å². The van der Waals surface area contributed by atoms with Crippen molar-refractivity contribution in [3.63, 3.8) is 0 Å². The molecule has 1 aliphatic heterocycles. The molecule has 1 aliphatic rings. The van der Waals surface area contributed by atoms with E-state index < -0.39 is 5.60 Å². The van der Waals surface area contributed by atoms with E-state index in [9.17, 15) is 9.90 Å². The van der Waals surface area contributed by atoms with E-state index in [-0.39, 0.29) is 19.0 Å². The van der Waals surface area contributed by atoms with Crippen LogP contribution in [0.4, 0.5) is 0 Å². The van der Waals surface area contributed by atoms with Crippen LogP contribution in [-0.2, 0) is 22.4 Å². The summed E-state index contributed by atoms with van der Waals surface area (Å²) in [7, 11) is 0. The number of aryl methyl sites for hydroxylation is 3. The minimum atomic E-state index is -1.11. The van der Waals surface area contributed by atoms with Gasteiger partial charge in [-0.1, -0.05) is 18.2 Å². The Kier molecular flexibility index (Phi) is 6.70. The van der Waals surface area contributed by atoms with Crippen molar-refractivity contribution in [1.82, 2.24) is 15.0 Å². The third-order valence-electron chi connectivity index (χ3n) is 7.73. The quantitative estimate of drug-likeness (QED) is 0.252. The number of hydrogen-bond donors (Lipinski definition) is 1.